The van der Waals surface area contributed by atoms with Crippen molar-refractivity contribution in [2.45, 2.75) is 40.7 Å². The number of hydrogen-bond donors (Lipinski definition) is 1. The highest BCUT2D eigenvalue weighted by atomic mass is 32.2. The highest BCUT2D eigenvalue weighted by Gasteiger charge is 2.31. The second-order valence-electron chi connectivity index (χ2n) is 9.53. The van der Waals surface area contributed by atoms with Crippen molar-refractivity contribution < 1.29 is 4.79 Å². The fraction of sp³-hybridized carbons (Fsp3) is 0.241. The minimum Gasteiger partial charge on any atom is -0.317 e. The number of amidine groups is 1. The van der Waals surface area contributed by atoms with Gasteiger partial charge in [-0.05, 0) is 82.1 Å². The minimum atomic E-state index is -0.390. The van der Waals surface area contributed by atoms with Gasteiger partial charge in [0.2, 0.25) is 0 Å². The van der Waals surface area contributed by atoms with Crippen LogP contribution >= 0.6 is 11.8 Å². The molecule has 1 aromatic heterocycles. The Labute approximate surface area is 221 Å². The molecule has 1 aliphatic rings. The quantitative estimate of drug-likeness (QED) is 0.331. The molecule has 0 aliphatic carbocycles. The molecule has 0 radical (unpaired) electrons. The number of amides is 2. The number of carbonyl (C=O) groups is 1. The maximum atomic E-state index is 12.8. The van der Waals surface area contributed by atoms with Crippen LogP contribution < -0.4 is 10.2 Å². The molecule has 7 nitrogen and oxygen atoms in total. The molecule has 1 aliphatic heterocycles. The van der Waals surface area contributed by atoms with Crippen LogP contribution in [0.4, 0.5) is 16.2 Å². The largest absolute Gasteiger partial charge is 0.347 e. The Bertz CT molecular complexity index is 1450. The minimum absolute atomic E-state index is 0.253. The molecule has 2 amide bonds. The predicted molar refractivity (Wildman–Crippen MR) is 153 cm³/mol. The summed E-state index contributed by atoms with van der Waals surface area (Å²) in [6.07, 6.45) is 1.70. The van der Waals surface area contributed by atoms with Crippen molar-refractivity contribution in [1.29, 1.82) is 0 Å². The first-order valence-electron chi connectivity index (χ1n) is 12.3. The van der Waals surface area contributed by atoms with Crippen LogP contribution in [-0.2, 0) is 0 Å². The highest BCUT2D eigenvalue weighted by Crippen LogP contribution is 2.35. The average Bonchev–Trinajstić information content (AvgIpc) is 3.48. The Hall–Kier alpha value is -3.91. The summed E-state index contributed by atoms with van der Waals surface area (Å²) < 4.78 is 1.75. The van der Waals surface area contributed by atoms with Crippen molar-refractivity contribution >= 4 is 34.3 Å². The molecule has 3 aromatic carbocycles. The molecule has 0 bridgehead atoms. The smallest absolute Gasteiger partial charge is 0.317 e. The van der Waals surface area contributed by atoms with Crippen LogP contribution in [0.3, 0.4) is 0 Å². The Morgan fingerprint density at radius 1 is 0.973 bits per heavy atom. The summed E-state index contributed by atoms with van der Waals surface area (Å²) in [6, 6.07) is 19.8. The van der Waals surface area contributed by atoms with Crippen molar-refractivity contribution in [3.8, 4) is 17.1 Å². The number of hydrogen-bond acceptors (Lipinski definition) is 4. The molecule has 1 fully saturated rings. The number of aliphatic imine (C=N–C) groups is 1. The monoisotopic (exact) mass is 510 g/mol. The van der Waals surface area contributed by atoms with E-state index in [1.807, 2.05) is 48.5 Å². The van der Waals surface area contributed by atoms with Gasteiger partial charge in [0.15, 0.2) is 11.0 Å². The average molecular weight is 511 g/mol. The normalized spacial score (nSPS) is 16.4. The second kappa shape index (κ2) is 10.2. The molecule has 1 N–H and O–H groups in total. The van der Waals surface area contributed by atoms with E-state index in [1.165, 1.54) is 22.3 Å². The molecule has 37 heavy (non-hydrogen) atoms. The van der Waals surface area contributed by atoms with Crippen LogP contribution in [0, 0.1) is 27.7 Å². The van der Waals surface area contributed by atoms with Gasteiger partial charge in [-0.1, -0.05) is 47.2 Å². The summed E-state index contributed by atoms with van der Waals surface area (Å²) in [6.45, 7) is 10.5. The molecule has 4 aromatic rings. The van der Waals surface area contributed by atoms with Gasteiger partial charge in [-0.25, -0.2) is 14.5 Å². The van der Waals surface area contributed by atoms with Gasteiger partial charge in [-0.3, -0.25) is 0 Å². The standard InChI is InChI=1S/C29H30N6OS/c1-18-6-12-25(13-7-18)34-17-30-27(33-34)23-8-10-24(11-9-23)31-28(36)32-29-35(22(5)16-37-29)26-20(3)14-19(2)15-21(26)4/h6-15,17,22H,16H2,1-5H3,(H,31,36). The lowest BCUT2D eigenvalue weighted by molar-refractivity contribution is 0.259. The van der Waals surface area contributed by atoms with E-state index in [4.69, 9.17) is 0 Å². The molecule has 2 heterocycles. The maximum absolute atomic E-state index is 12.8. The van der Waals surface area contributed by atoms with Gasteiger partial charge < -0.3 is 10.2 Å². The van der Waals surface area contributed by atoms with Crippen molar-refractivity contribution in [2.75, 3.05) is 16.0 Å². The number of nitrogens with zero attached hydrogens (tertiary/aromatic N) is 5. The summed E-state index contributed by atoms with van der Waals surface area (Å²) in [7, 11) is 0. The van der Waals surface area contributed by atoms with E-state index in [0.717, 1.165) is 27.9 Å². The first kappa shape index (κ1) is 24.8. The van der Waals surface area contributed by atoms with Crippen molar-refractivity contribution in [3.05, 3.63) is 89.2 Å². The highest BCUT2D eigenvalue weighted by molar-refractivity contribution is 8.14. The van der Waals surface area contributed by atoms with E-state index in [2.05, 4.69) is 72.0 Å². The zero-order chi connectivity index (χ0) is 26.1. The van der Waals surface area contributed by atoms with E-state index in [0.29, 0.717) is 11.5 Å². The Balaban J connectivity index is 1.30. The van der Waals surface area contributed by atoms with Crippen LogP contribution in [0.15, 0.2) is 72.0 Å². The van der Waals surface area contributed by atoms with Crippen molar-refractivity contribution in [1.82, 2.24) is 14.8 Å². The number of rotatable bonds is 4. The summed E-state index contributed by atoms with van der Waals surface area (Å²) in [5.41, 5.74) is 8.43. The second-order valence-corrected chi connectivity index (χ2v) is 10.5. The Kier molecular flexibility index (Phi) is 6.84. The SMILES string of the molecule is Cc1ccc(-n2cnc(-c3ccc(NC(=O)N=C4SCC(C)N4c4c(C)cc(C)cc4C)cc3)n2)cc1. The van der Waals surface area contributed by atoms with Gasteiger partial charge in [-0.2, -0.15) is 4.99 Å². The fourth-order valence-electron chi connectivity index (χ4n) is 4.64. The van der Waals surface area contributed by atoms with E-state index in [-0.39, 0.29) is 6.04 Å². The van der Waals surface area contributed by atoms with Gasteiger partial charge in [0.05, 0.1) is 5.69 Å². The third-order valence-electron chi connectivity index (χ3n) is 6.36. The Morgan fingerprint density at radius 2 is 1.65 bits per heavy atom. The third kappa shape index (κ3) is 5.29. The summed E-state index contributed by atoms with van der Waals surface area (Å²) >= 11 is 1.61. The number of thioether (sulfide) groups is 1. The van der Waals surface area contributed by atoms with E-state index in [1.54, 1.807) is 22.8 Å². The van der Waals surface area contributed by atoms with Crippen molar-refractivity contribution in [2.24, 2.45) is 4.99 Å². The topological polar surface area (TPSA) is 75.4 Å². The molecule has 1 saturated heterocycles. The van der Waals surface area contributed by atoms with Crippen LogP contribution in [0.5, 0.6) is 0 Å². The molecule has 8 heteroatoms. The molecular weight excluding hydrogens is 480 g/mol. The number of benzene rings is 3. The van der Waals surface area contributed by atoms with E-state index in [9.17, 15) is 4.79 Å². The molecule has 1 unspecified atom stereocenters. The summed E-state index contributed by atoms with van der Waals surface area (Å²) in [4.78, 5) is 23.9. The fourth-order valence-corrected chi connectivity index (χ4v) is 5.74. The first-order valence-corrected chi connectivity index (χ1v) is 13.3. The van der Waals surface area contributed by atoms with E-state index >= 15 is 0 Å². The summed E-state index contributed by atoms with van der Waals surface area (Å²) in [5.74, 6) is 1.50. The number of carbonyl (C=O) groups excluding carboxylic acids is 1. The molecular formula is C29H30N6OS. The first-order chi connectivity index (χ1) is 17.8. The van der Waals surface area contributed by atoms with Crippen LogP contribution in [-0.4, -0.2) is 37.8 Å². The molecule has 188 valence electrons. The van der Waals surface area contributed by atoms with E-state index < -0.39 is 6.03 Å². The number of aryl methyl sites for hydroxylation is 4. The lowest BCUT2D eigenvalue weighted by Crippen LogP contribution is -2.33. The van der Waals surface area contributed by atoms with Crippen LogP contribution in [0.2, 0.25) is 0 Å². The number of anilines is 2. The van der Waals surface area contributed by atoms with Gasteiger partial charge in [0.1, 0.15) is 6.33 Å². The lowest BCUT2D eigenvalue weighted by atomic mass is 10.0. The zero-order valence-corrected chi connectivity index (χ0v) is 22.5. The number of urea groups is 1. The zero-order valence-electron chi connectivity index (χ0n) is 21.7. The summed E-state index contributed by atoms with van der Waals surface area (Å²) in [5, 5.41) is 8.21. The van der Waals surface area contributed by atoms with Gasteiger partial charge in [0.25, 0.3) is 0 Å². The van der Waals surface area contributed by atoms with Gasteiger partial charge in [-0.15, -0.1) is 5.10 Å². The number of aromatic nitrogens is 3. The Morgan fingerprint density at radius 3 is 2.32 bits per heavy atom. The van der Waals surface area contributed by atoms with Gasteiger partial charge >= 0.3 is 6.03 Å². The third-order valence-corrected chi connectivity index (χ3v) is 7.55. The number of nitrogens with one attached hydrogen (secondary N) is 1. The van der Waals surface area contributed by atoms with Crippen LogP contribution in [0.25, 0.3) is 17.1 Å². The lowest BCUT2D eigenvalue weighted by Gasteiger charge is -2.27. The molecule has 0 saturated carbocycles. The van der Waals surface area contributed by atoms with Crippen LogP contribution in [0.1, 0.15) is 29.2 Å². The van der Waals surface area contributed by atoms with Gasteiger partial charge in [0, 0.05) is 28.7 Å². The molecule has 0 spiro atoms. The predicted octanol–water partition coefficient (Wildman–Crippen LogP) is 6.70. The molecule has 1 atom stereocenters. The molecule has 5 rings (SSSR count). The maximum Gasteiger partial charge on any atom is 0.347 e. The van der Waals surface area contributed by atoms with Crippen molar-refractivity contribution in [3.63, 3.8) is 0 Å².